The molecule has 0 saturated carbocycles. The molecular weight excluding hydrogens is 290 g/mol. The molecule has 1 atom stereocenters. The summed E-state index contributed by atoms with van der Waals surface area (Å²) in [6, 6.07) is 10.4. The predicted molar refractivity (Wildman–Crippen MR) is 76.5 cm³/mol. The van der Waals surface area contributed by atoms with Crippen LogP contribution in [0.15, 0.2) is 41.7 Å². The van der Waals surface area contributed by atoms with Crippen LogP contribution in [0.4, 0.5) is 0 Å². The van der Waals surface area contributed by atoms with Gasteiger partial charge in [-0.25, -0.2) is 0 Å². The van der Waals surface area contributed by atoms with E-state index in [4.69, 9.17) is 9.57 Å². The predicted octanol–water partition coefficient (Wildman–Crippen LogP) is 3.23. The second-order valence-corrected chi connectivity index (χ2v) is 6.51. The van der Waals surface area contributed by atoms with Gasteiger partial charge in [0, 0.05) is 0 Å². The number of rotatable bonds is 3. The van der Waals surface area contributed by atoms with Gasteiger partial charge in [0.15, 0.2) is 0 Å². The number of hydrogen-bond acceptors (Lipinski definition) is 3. The SMILES string of the molecule is CO[C](=[Cr])C1=C(C(C)(C)C)ON(C)C1c1ccccc1. The molecule has 0 bridgehead atoms. The van der Waals surface area contributed by atoms with E-state index in [1.165, 1.54) is 5.56 Å². The summed E-state index contributed by atoms with van der Waals surface area (Å²) < 4.78 is 6.24. The van der Waals surface area contributed by atoms with E-state index < -0.39 is 0 Å². The summed E-state index contributed by atoms with van der Waals surface area (Å²) in [4.78, 5) is 6.02. The van der Waals surface area contributed by atoms with E-state index in [0.717, 1.165) is 15.9 Å². The molecule has 1 heterocycles. The van der Waals surface area contributed by atoms with Gasteiger partial charge in [0.1, 0.15) is 0 Å². The molecule has 20 heavy (non-hydrogen) atoms. The Hall–Kier alpha value is -0.918. The topological polar surface area (TPSA) is 21.7 Å². The molecule has 0 radical (unpaired) electrons. The molecule has 0 saturated heterocycles. The van der Waals surface area contributed by atoms with Gasteiger partial charge in [-0.2, -0.15) is 0 Å². The van der Waals surface area contributed by atoms with Crippen molar-refractivity contribution in [2.24, 2.45) is 5.41 Å². The second kappa shape index (κ2) is 5.83. The summed E-state index contributed by atoms with van der Waals surface area (Å²) in [6.07, 6.45) is 0. The molecule has 0 amide bonds. The van der Waals surface area contributed by atoms with Crippen LogP contribution in [0, 0.1) is 5.41 Å². The number of benzene rings is 1. The van der Waals surface area contributed by atoms with Crippen molar-refractivity contribution in [1.82, 2.24) is 5.06 Å². The van der Waals surface area contributed by atoms with Gasteiger partial charge in [-0.1, -0.05) is 0 Å². The van der Waals surface area contributed by atoms with Gasteiger partial charge in [0.25, 0.3) is 0 Å². The molecule has 0 fully saturated rings. The van der Waals surface area contributed by atoms with Crippen molar-refractivity contribution in [3.63, 3.8) is 0 Å². The average Bonchev–Trinajstić information content (AvgIpc) is 2.76. The molecule has 0 N–H and O–H groups in total. The van der Waals surface area contributed by atoms with E-state index in [1.807, 2.05) is 30.3 Å². The molecule has 1 unspecified atom stereocenters. The molecule has 0 aromatic heterocycles. The Morgan fingerprint density at radius 2 is 1.85 bits per heavy atom. The van der Waals surface area contributed by atoms with Gasteiger partial charge in [-0.05, 0) is 0 Å². The number of hydrogen-bond donors (Lipinski definition) is 0. The summed E-state index contributed by atoms with van der Waals surface area (Å²) >= 11 is 3.02. The van der Waals surface area contributed by atoms with Gasteiger partial charge in [0.2, 0.25) is 0 Å². The quantitative estimate of drug-likeness (QED) is 0.855. The minimum absolute atomic E-state index is 0.0432. The Morgan fingerprint density at radius 3 is 2.35 bits per heavy atom. The Balaban J connectivity index is 2.55. The van der Waals surface area contributed by atoms with Crippen molar-refractivity contribution < 1.29 is 25.4 Å². The number of nitrogens with zero attached hydrogens (tertiary/aromatic N) is 1. The molecule has 0 spiro atoms. The summed E-state index contributed by atoms with van der Waals surface area (Å²) in [5, 5.41) is 1.89. The average molecular weight is 311 g/mol. The summed E-state index contributed by atoms with van der Waals surface area (Å²) in [5.74, 6) is 0.949. The van der Waals surface area contributed by atoms with Gasteiger partial charge >= 0.3 is 129 Å². The molecule has 108 valence electrons. The van der Waals surface area contributed by atoms with Crippen molar-refractivity contribution in [2.45, 2.75) is 26.8 Å². The second-order valence-electron chi connectivity index (χ2n) is 5.94. The normalized spacial score (nSPS) is 20.1. The van der Waals surface area contributed by atoms with Crippen LogP contribution in [0.25, 0.3) is 0 Å². The van der Waals surface area contributed by atoms with Gasteiger partial charge in [0.05, 0.1) is 0 Å². The van der Waals surface area contributed by atoms with E-state index in [0.29, 0.717) is 0 Å². The molecule has 0 aliphatic carbocycles. The fourth-order valence-corrected chi connectivity index (χ4v) is 2.74. The number of methoxy groups -OCH3 is 1. The third-order valence-corrected chi connectivity index (χ3v) is 3.92. The molecular formula is C16H21CrNO2. The first-order chi connectivity index (χ1) is 9.36. The molecule has 3 nitrogen and oxygen atoms in total. The maximum atomic E-state index is 6.02. The van der Waals surface area contributed by atoms with Crippen LogP contribution in [-0.2, 0) is 25.4 Å². The zero-order chi connectivity index (χ0) is 14.9. The van der Waals surface area contributed by atoms with Crippen LogP contribution in [0.1, 0.15) is 32.4 Å². The van der Waals surface area contributed by atoms with E-state index in [2.05, 4.69) is 48.8 Å². The van der Waals surface area contributed by atoms with Crippen LogP contribution >= 0.6 is 0 Å². The molecule has 1 aromatic rings. The number of ether oxygens (including phenoxy) is 1. The van der Waals surface area contributed by atoms with Crippen LogP contribution < -0.4 is 0 Å². The summed E-state index contributed by atoms with van der Waals surface area (Å²) in [5.41, 5.74) is 2.18. The van der Waals surface area contributed by atoms with Gasteiger partial charge in [-0.3, -0.25) is 0 Å². The molecule has 1 aliphatic rings. The Bertz CT molecular complexity index is 531. The van der Waals surface area contributed by atoms with E-state index in [9.17, 15) is 0 Å². The van der Waals surface area contributed by atoms with Crippen LogP contribution in [0.3, 0.4) is 0 Å². The molecule has 2 rings (SSSR count). The van der Waals surface area contributed by atoms with Crippen molar-refractivity contribution in [1.29, 1.82) is 0 Å². The van der Waals surface area contributed by atoms with E-state index >= 15 is 0 Å². The number of likely N-dealkylation sites (N-methyl/N-ethyl adjacent to an activating group) is 1. The standard InChI is InChI=1S/C16H21NO2.Cr/c1-16(2,3)15-13(11-18-5)14(17(4)19-15)12-9-7-6-8-10-12;/h6-10,14H,1-5H3;. The van der Waals surface area contributed by atoms with Gasteiger partial charge < -0.3 is 0 Å². The monoisotopic (exact) mass is 311 g/mol. The third-order valence-electron chi connectivity index (χ3n) is 3.32. The first-order valence-corrected chi connectivity index (χ1v) is 7.28. The van der Waals surface area contributed by atoms with Crippen molar-refractivity contribution in [2.75, 3.05) is 14.2 Å². The van der Waals surface area contributed by atoms with E-state index in [1.54, 1.807) is 7.11 Å². The van der Waals surface area contributed by atoms with Crippen molar-refractivity contribution in [3.05, 3.63) is 47.2 Å². The first kappa shape index (κ1) is 15.5. The minimum atomic E-state index is -0.0826. The summed E-state index contributed by atoms with van der Waals surface area (Å²) in [7, 11) is 3.64. The van der Waals surface area contributed by atoms with Gasteiger partial charge in [-0.15, -0.1) is 0 Å². The maximum absolute atomic E-state index is 6.02. The summed E-state index contributed by atoms with van der Waals surface area (Å²) in [6.45, 7) is 6.44. The van der Waals surface area contributed by atoms with Crippen LogP contribution in [-0.4, -0.2) is 23.8 Å². The zero-order valence-corrected chi connectivity index (χ0v) is 13.9. The van der Waals surface area contributed by atoms with Crippen molar-refractivity contribution in [3.8, 4) is 0 Å². The fourth-order valence-electron chi connectivity index (χ4n) is 2.42. The van der Waals surface area contributed by atoms with Crippen LogP contribution in [0.5, 0.6) is 0 Å². The molecule has 1 aromatic carbocycles. The van der Waals surface area contributed by atoms with Crippen molar-refractivity contribution >= 4 is 4.57 Å². The Labute approximate surface area is 129 Å². The zero-order valence-electron chi connectivity index (χ0n) is 12.6. The Kier molecular flexibility index (Phi) is 4.51. The molecule has 4 heteroatoms. The number of hydroxylamine groups is 2. The first-order valence-electron chi connectivity index (χ1n) is 6.65. The third kappa shape index (κ3) is 2.89. The fraction of sp³-hybridized carbons (Fsp3) is 0.438. The Morgan fingerprint density at radius 1 is 1.25 bits per heavy atom. The number of allylic oxidation sites excluding steroid dienone is 1. The van der Waals surface area contributed by atoms with Crippen LogP contribution in [0.2, 0.25) is 0 Å². The molecule has 1 aliphatic heterocycles. The van der Waals surface area contributed by atoms with E-state index in [-0.39, 0.29) is 11.5 Å².